The number of ether oxygens (including phenoxy) is 1. The number of hydrogen-bond donors (Lipinski definition) is 0. The number of alkyl halides is 3. The van der Waals surface area contributed by atoms with Crippen LogP contribution in [0.2, 0.25) is 0 Å². The molecule has 3 rings (SSSR count). The maximum Gasteiger partial charge on any atom is 0.534 e. The Hall–Kier alpha value is -2.23. The lowest BCUT2D eigenvalue weighted by molar-refractivity contribution is -0.0524. The van der Waals surface area contributed by atoms with Gasteiger partial charge in [-0.05, 0) is 38.3 Å². The zero-order valence-corrected chi connectivity index (χ0v) is 16.1. The van der Waals surface area contributed by atoms with Gasteiger partial charge < -0.3 is 8.92 Å². The molecular weight excluding hydrogens is 399 g/mol. The molecule has 1 aliphatic carbocycles. The van der Waals surface area contributed by atoms with Gasteiger partial charge in [0.15, 0.2) is 0 Å². The van der Waals surface area contributed by atoms with Crippen LogP contribution in [-0.4, -0.2) is 36.6 Å². The van der Waals surface area contributed by atoms with Crippen LogP contribution in [0.5, 0.6) is 0 Å². The second-order valence-corrected chi connectivity index (χ2v) is 8.81. The standard InChI is InChI=1S/C18H20F3NO5S/c1-17(2)15(12-6-4-3-5-7-12)22(16(23)26-17)13-8-10-14(11-9-13)27-28(24,25)18(19,20)21/h3-7,10,13,15H,8-9,11H2,1-2H3/t13-,15?/m1/s1. The third-order valence-corrected chi connectivity index (χ3v) is 5.85. The molecule has 1 aromatic carbocycles. The number of carbonyl (C=O) groups is 1. The van der Waals surface area contributed by atoms with Crippen molar-refractivity contribution in [2.24, 2.45) is 0 Å². The van der Waals surface area contributed by atoms with Crippen molar-refractivity contribution in [3.63, 3.8) is 0 Å². The Balaban J connectivity index is 1.80. The molecule has 1 saturated heterocycles. The summed E-state index contributed by atoms with van der Waals surface area (Å²) in [4.78, 5) is 14.1. The normalized spacial score (nSPS) is 25.2. The third kappa shape index (κ3) is 3.82. The summed E-state index contributed by atoms with van der Waals surface area (Å²) in [6.45, 7) is 3.59. The molecule has 0 saturated carbocycles. The van der Waals surface area contributed by atoms with Crippen LogP contribution in [0.1, 0.15) is 44.7 Å². The van der Waals surface area contributed by atoms with Crippen molar-refractivity contribution in [3.05, 3.63) is 47.7 Å². The Kier molecular flexibility index (Phi) is 5.11. The molecular formula is C18H20F3NO5S. The van der Waals surface area contributed by atoms with E-state index in [0.29, 0.717) is 0 Å². The van der Waals surface area contributed by atoms with Gasteiger partial charge in [-0.25, -0.2) is 4.79 Å². The van der Waals surface area contributed by atoms with Crippen LogP contribution in [0.15, 0.2) is 42.2 Å². The van der Waals surface area contributed by atoms with Crippen LogP contribution in [0.25, 0.3) is 0 Å². The summed E-state index contributed by atoms with van der Waals surface area (Å²) in [5.41, 5.74) is -5.39. The highest BCUT2D eigenvalue weighted by Gasteiger charge is 2.52. The number of amides is 1. The van der Waals surface area contributed by atoms with Crippen molar-refractivity contribution in [3.8, 4) is 0 Å². The molecule has 6 nitrogen and oxygen atoms in total. The molecule has 0 N–H and O–H groups in total. The topological polar surface area (TPSA) is 72.9 Å². The fourth-order valence-electron chi connectivity index (χ4n) is 3.64. The van der Waals surface area contributed by atoms with Crippen LogP contribution in [0.4, 0.5) is 18.0 Å². The Bertz CT molecular complexity index is 880. The number of halogens is 3. The molecule has 2 aliphatic rings. The second kappa shape index (κ2) is 6.98. The summed E-state index contributed by atoms with van der Waals surface area (Å²) < 4.78 is 69.5. The predicted octanol–water partition coefficient (Wildman–Crippen LogP) is 4.26. The van der Waals surface area contributed by atoms with Crippen molar-refractivity contribution >= 4 is 16.2 Å². The van der Waals surface area contributed by atoms with Gasteiger partial charge in [0.05, 0.1) is 6.04 Å². The maximum atomic E-state index is 12.5. The largest absolute Gasteiger partial charge is 0.534 e. The minimum Gasteiger partial charge on any atom is -0.441 e. The Morgan fingerprint density at radius 1 is 1.21 bits per heavy atom. The lowest BCUT2D eigenvalue weighted by Gasteiger charge is -2.35. The maximum absolute atomic E-state index is 12.5. The van der Waals surface area contributed by atoms with Gasteiger partial charge in [-0.15, -0.1) is 0 Å². The molecule has 1 aromatic rings. The van der Waals surface area contributed by atoms with E-state index in [4.69, 9.17) is 4.74 Å². The average molecular weight is 419 g/mol. The molecule has 10 heteroatoms. The predicted molar refractivity (Wildman–Crippen MR) is 93.4 cm³/mol. The highest BCUT2D eigenvalue weighted by molar-refractivity contribution is 7.87. The molecule has 154 valence electrons. The number of rotatable bonds is 4. The summed E-state index contributed by atoms with van der Waals surface area (Å²) in [5.74, 6) is -0.267. The van der Waals surface area contributed by atoms with E-state index in [0.717, 1.165) is 5.56 Å². The van der Waals surface area contributed by atoms with Gasteiger partial charge in [-0.1, -0.05) is 30.3 Å². The van der Waals surface area contributed by atoms with E-state index in [1.54, 1.807) is 18.7 Å². The SMILES string of the molecule is CC1(C)OC(=O)N([C@@H]2CC=C(OS(=O)(=O)C(F)(F)F)CC2)C1c1ccccc1. The molecule has 28 heavy (non-hydrogen) atoms. The molecule has 1 heterocycles. The van der Waals surface area contributed by atoms with Crippen LogP contribution in [-0.2, 0) is 19.0 Å². The van der Waals surface area contributed by atoms with Crippen LogP contribution < -0.4 is 0 Å². The van der Waals surface area contributed by atoms with Gasteiger partial charge in [0.25, 0.3) is 0 Å². The zero-order valence-electron chi connectivity index (χ0n) is 15.3. The number of benzene rings is 1. The van der Waals surface area contributed by atoms with Crippen molar-refractivity contribution in [2.75, 3.05) is 0 Å². The van der Waals surface area contributed by atoms with E-state index in [9.17, 15) is 26.4 Å². The highest BCUT2D eigenvalue weighted by Crippen LogP contribution is 2.44. The summed E-state index contributed by atoms with van der Waals surface area (Å²) in [5, 5.41) is 0. The molecule has 1 amide bonds. The van der Waals surface area contributed by atoms with Crippen molar-refractivity contribution < 1.29 is 35.3 Å². The van der Waals surface area contributed by atoms with E-state index in [-0.39, 0.29) is 37.1 Å². The lowest BCUT2D eigenvalue weighted by atomic mass is 9.89. The molecule has 0 aromatic heterocycles. The number of hydrogen-bond acceptors (Lipinski definition) is 5. The Morgan fingerprint density at radius 3 is 2.39 bits per heavy atom. The first-order valence-corrected chi connectivity index (χ1v) is 10.1. The number of cyclic esters (lactones) is 1. The van der Waals surface area contributed by atoms with Crippen LogP contribution in [0, 0.1) is 0 Å². The summed E-state index contributed by atoms with van der Waals surface area (Å²) >= 11 is 0. The first-order valence-electron chi connectivity index (χ1n) is 8.68. The first-order chi connectivity index (χ1) is 12.9. The first kappa shape index (κ1) is 20.5. The second-order valence-electron chi connectivity index (χ2n) is 7.27. The molecule has 0 bridgehead atoms. The number of carbonyl (C=O) groups excluding carboxylic acids is 1. The fraction of sp³-hybridized carbons (Fsp3) is 0.500. The Morgan fingerprint density at radius 2 is 1.86 bits per heavy atom. The average Bonchev–Trinajstić information content (AvgIpc) is 2.83. The molecule has 1 aliphatic heterocycles. The van der Waals surface area contributed by atoms with E-state index in [1.807, 2.05) is 30.3 Å². The zero-order chi connectivity index (χ0) is 20.7. The minimum atomic E-state index is -5.69. The molecule has 1 unspecified atom stereocenters. The third-order valence-electron chi connectivity index (χ3n) is 4.85. The van der Waals surface area contributed by atoms with Gasteiger partial charge in [-0.2, -0.15) is 21.6 Å². The van der Waals surface area contributed by atoms with E-state index in [2.05, 4.69) is 4.18 Å². The molecule has 2 atom stereocenters. The minimum absolute atomic E-state index is 0.0360. The van der Waals surface area contributed by atoms with Crippen molar-refractivity contribution in [1.29, 1.82) is 0 Å². The van der Waals surface area contributed by atoms with E-state index < -0.39 is 27.3 Å². The van der Waals surface area contributed by atoms with E-state index in [1.165, 1.54) is 6.08 Å². The molecule has 0 radical (unpaired) electrons. The summed E-state index contributed by atoms with van der Waals surface area (Å²) in [6.07, 6.45) is 1.17. The lowest BCUT2D eigenvalue weighted by Crippen LogP contribution is -2.41. The van der Waals surface area contributed by atoms with E-state index >= 15 is 0 Å². The summed E-state index contributed by atoms with van der Waals surface area (Å²) in [6, 6.07) is 8.59. The highest BCUT2D eigenvalue weighted by atomic mass is 32.2. The number of nitrogens with zero attached hydrogens (tertiary/aromatic N) is 1. The number of allylic oxidation sites excluding steroid dienone is 1. The summed E-state index contributed by atoms with van der Waals surface area (Å²) in [7, 11) is -5.69. The smallest absolute Gasteiger partial charge is 0.441 e. The van der Waals surface area contributed by atoms with Crippen molar-refractivity contribution in [1.82, 2.24) is 4.90 Å². The monoisotopic (exact) mass is 419 g/mol. The quantitative estimate of drug-likeness (QED) is 0.539. The Labute approximate surface area is 161 Å². The fourth-order valence-corrected chi connectivity index (χ4v) is 4.17. The van der Waals surface area contributed by atoms with Crippen LogP contribution >= 0.6 is 0 Å². The van der Waals surface area contributed by atoms with Crippen molar-refractivity contribution in [2.45, 2.75) is 56.3 Å². The van der Waals surface area contributed by atoms with Gasteiger partial charge in [0, 0.05) is 12.5 Å². The molecule has 0 spiro atoms. The van der Waals surface area contributed by atoms with Gasteiger partial charge in [0.2, 0.25) is 0 Å². The van der Waals surface area contributed by atoms with Gasteiger partial charge in [0.1, 0.15) is 11.4 Å². The van der Waals surface area contributed by atoms with Crippen LogP contribution in [0.3, 0.4) is 0 Å². The van der Waals surface area contributed by atoms with Gasteiger partial charge >= 0.3 is 21.7 Å². The molecule has 1 fully saturated rings. The van der Waals surface area contributed by atoms with Gasteiger partial charge in [-0.3, -0.25) is 4.90 Å².